The quantitative estimate of drug-likeness (QED) is 0.0199. The van der Waals surface area contributed by atoms with Crippen molar-refractivity contribution in [1.29, 1.82) is 0 Å². The van der Waals surface area contributed by atoms with Crippen LogP contribution in [0.2, 0.25) is 0 Å². The number of nitrogens with one attached hydrogen (secondary N) is 1. The molecule has 17 unspecified atom stereocenters. The molecule has 0 aromatic heterocycles. The lowest BCUT2D eigenvalue weighted by Gasteiger charge is -2.48. The van der Waals surface area contributed by atoms with Crippen LogP contribution in [-0.4, -0.2) is 193 Å². The van der Waals surface area contributed by atoms with E-state index in [1.54, 1.807) is 0 Å². The summed E-state index contributed by atoms with van der Waals surface area (Å²) >= 11 is 0. The van der Waals surface area contributed by atoms with E-state index in [9.17, 15) is 61.0 Å². The molecule has 0 bridgehead atoms. The Kier molecular flexibility index (Phi) is 46.8. The highest BCUT2D eigenvalue weighted by molar-refractivity contribution is 5.76. The van der Waals surface area contributed by atoms with Gasteiger partial charge in [0, 0.05) is 6.42 Å². The van der Waals surface area contributed by atoms with Gasteiger partial charge in [-0.2, -0.15) is 0 Å². The number of carbonyl (C=O) groups is 1. The zero-order chi connectivity index (χ0) is 63.3. The molecule has 3 saturated heterocycles. The standard InChI is InChI=1S/C68H129NO18/c1-3-5-7-9-11-13-15-16-17-18-19-20-21-22-23-24-25-26-27-28-29-30-31-32-33-34-36-38-40-42-44-46-56(74)69-51(52(73)45-43-41-39-37-35-14-12-10-8-6-4-2)50-82-66-62(80)59(77)64(54(48-71)84-66)87-68-63(81)60(78)65(55(49-72)85-68)86-67-61(79)58(76)57(75)53(47-70)83-67/h18-19,51-55,57-68,70-73,75-81H,3-17,20-50H2,1-2H3,(H,69,74)/b19-18-. The molecule has 0 aliphatic carbocycles. The average molecular weight is 1250 g/mol. The number of carbonyl (C=O) groups excluding carboxylic acids is 1. The van der Waals surface area contributed by atoms with E-state index in [0.717, 1.165) is 44.9 Å². The first-order valence-electron chi connectivity index (χ1n) is 35.4. The molecule has 0 aromatic rings. The number of aliphatic hydroxyl groups excluding tert-OH is 11. The van der Waals surface area contributed by atoms with E-state index in [1.807, 2.05) is 0 Å². The Labute approximate surface area is 525 Å². The van der Waals surface area contributed by atoms with E-state index in [1.165, 1.54) is 205 Å². The minimum Gasteiger partial charge on any atom is -0.394 e. The number of allylic oxidation sites excluding steroid dienone is 2. The Bertz CT molecular complexity index is 1630. The van der Waals surface area contributed by atoms with Crippen molar-refractivity contribution in [2.75, 3.05) is 26.4 Å². The van der Waals surface area contributed by atoms with Crippen molar-refractivity contribution >= 4 is 5.91 Å². The first-order valence-corrected chi connectivity index (χ1v) is 35.4. The van der Waals surface area contributed by atoms with Crippen LogP contribution in [0.1, 0.15) is 284 Å². The van der Waals surface area contributed by atoms with E-state index >= 15 is 0 Å². The Morgan fingerprint density at radius 1 is 0.402 bits per heavy atom. The molecular weight excluding hydrogens is 1120 g/mol. The molecule has 17 atom stereocenters. The second-order valence-corrected chi connectivity index (χ2v) is 25.7. The van der Waals surface area contributed by atoms with Crippen LogP contribution in [0.4, 0.5) is 0 Å². The van der Waals surface area contributed by atoms with Crippen molar-refractivity contribution in [2.24, 2.45) is 0 Å². The van der Waals surface area contributed by atoms with Gasteiger partial charge in [0.05, 0.1) is 38.6 Å². The summed E-state index contributed by atoms with van der Waals surface area (Å²) in [5.74, 6) is -0.239. The molecule has 3 heterocycles. The number of rotatable bonds is 55. The van der Waals surface area contributed by atoms with Crippen molar-refractivity contribution < 1.29 is 89.4 Å². The predicted molar refractivity (Wildman–Crippen MR) is 337 cm³/mol. The molecule has 3 fully saturated rings. The minimum absolute atomic E-state index is 0.239. The summed E-state index contributed by atoms with van der Waals surface area (Å²) in [6, 6.07) is -0.882. The highest BCUT2D eigenvalue weighted by atomic mass is 16.8. The number of aliphatic hydroxyl groups is 11. The SMILES string of the molecule is CCCCCCCCCC/C=C\CCCCCCCCCCCCCCCCCCCCCC(=O)NC(COC1OC(CO)C(OC2OC(CO)C(OC3OC(CO)C(O)C(O)C3O)C(O)C2O)C(O)C1O)C(O)CCCCCCCCCCCCC. The lowest BCUT2D eigenvalue weighted by Crippen LogP contribution is -2.66. The molecule has 0 aromatic carbocycles. The highest BCUT2D eigenvalue weighted by Gasteiger charge is 2.53. The lowest BCUT2D eigenvalue weighted by atomic mass is 9.96. The van der Waals surface area contributed by atoms with Gasteiger partial charge < -0.3 is 89.9 Å². The molecule has 0 radical (unpaired) electrons. The molecule has 514 valence electrons. The Morgan fingerprint density at radius 2 is 0.724 bits per heavy atom. The smallest absolute Gasteiger partial charge is 0.220 e. The molecule has 12 N–H and O–H groups in total. The summed E-state index contributed by atoms with van der Waals surface area (Å²) < 4.78 is 34.4. The first kappa shape index (κ1) is 79.8. The van der Waals surface area contributed by atoms with Gasteiger partial charge >= 0.3 is 0 Å². The third kappa shape index (κ3) is 33.3. The van der Waals surface area contributed by atoms with Crippen molar-refractivity contribution in [3.63, 3.8) is 0 Å². The fourth-order valence-electron chi connectivity index (χ4n) is 12.3. The molecule has 19 heteroatoms. The normalized spacial score (nSPS) is 28.6. The average Bonchev–Trinajstić information content (AvgIpc) is 3.71. The maximum atomic E-state index is 13.4. The van der Waals surface area contributed by atoms with Gasteiger partial charge in [-0.25, -0.2) is 0 Å². The molecule has 0 saturated carbocycles. The van der Waals surface area contributed by atoms with Crippen molar-refractivity contribution in [3.8, 4) is 0 Å². The zero-order valence-corrected chi connectivity index (χ0v) is 54.3. The minimum atomic E-state index is -1.97. The van der Waals surface area contributed by atoms with Crippen LogP contribution in [-0.2, 0) is 33.2 Å². The molecule has 3 aliphatic rings. The fourth-order valence-corrected chi connectivity index (χ4v) is 12.3. The van der Waals surface area contributed by atoms with Gasteiger partial charge in [-0.05, 0) is 38.5 Å². The monoisotopic (exact) mass is 1250 g/mol. The number of hydrogen-bond donors (Lipinski definition) is 12. The number of unbranched alkanes of at least 4 members (excludes halogenated alkanes) is 37. The maximum Gasteiger partial charge on any atom is 0.220 e. The third-order valence-corrected chi connectivity index (χ3v) is 18.1. The summed E-state index contributed by atoms with van der Waals surface area (Å²) in [6.07, 6.45) is 29.0. The summed E-state index contributed by atoms with van der Waals surface area (Å²) in [6.45, 7) is 1.80. The van der Waals surface area contributed by atoms with Crippen LogP contribution in [0, 0.1) is 0 Å². The van der Waals surface area contributed by atoms with Crippen molar-refractivity contribution in [2.45, 2.75) is 388 Å². The third-order valence-electron chi connectivity index (χ3n) is 18.1. The molecule has 1 amide bonds. The molecule has 0 spiro atoms. The number of amides is 1. The van der Waals surface area contributed by atoms with Crippen LogP contribution in [0.15, 0.2) is 12.2 Å². The summed E-state index contributed by atoms with van der Waals surface area (Å²) in [5.41, 5.74) is 0. The van der Waals surface area contributed by atoms with Gasteiger partial charge in [-0.1, -0.05) is 251 Å². The van der Waals surface area contributed by atoms with Crippen LogP contribution >= 0.6 is 0 Å². The molecule has 3 rings (SSSR count). The van der Waals surface area contributed by atoms with Gasteiger partial charge in [0.1, 0.15) is 73.2 Å². The topological polar surface area (TPSA) is 307 Å². The molecular formula is C68H129NO18. The van der Waals surface area contributed by atoms with E-state index in [0.29, 0.717) is 12.8 Å². The fraction of sp³-hybridized carbons (Fsp3) is 0.956. The van der Waals surface area contributed by atoms with Gasteiger partial charge in [0.25, 0.3) is 0 Å². The second kappa shape index (κ2) is 51.0. The number of hydrogen-bond acceptors (Lipinski definition) is 18. The van der Waals surface area contributed by atoms with Crippen molar-refractivity contribution in [3.05, 3.63) is 12.2 Å². The van der Waals surface area contributed by atoms with Crippen LogP contribution < -0.4 is 5.32 Å². The van der Waals surface area contributed by atoms with Crippen LogP contribution in [0.25, 0.3) is 0 Å². The second-order valence-electron chi connectivity index (χ2n) is 25.7. The van der Waals surface area contributed by atoms with E-state index in [4.69, 9.17) is 28.4 Å². The molecule has 3 aliphatic heterocycles. The van der Waals surface area contributed by atoms with Crippen LogP contribution in [0.3, 0.4) is 0 Å². The Balaban J connectivity index is 1.34. The number of ether oxygens (including phenoxy) is 6. The molecule has 87 heavy (non-hydrogen) atoms. The van der Waals surface area contributed by atoms with Crippen LogP contribution in [0.5, 0.6) is 0 Å². The first-order chi connectivity index (χ1) is 42.3. The summed E-state index contributed by atoms with van der Waals surface area (Å²) in [5, 5.41) is 120. The molecule has 19 nitrogen and oxygen atoms in total. The van der Waals surface area contributed by atoms with Gasteiger partial charge in [0.2, 0.25) is 5.91 Å². The predicted octanol–water partition coefficient (Wildman–Crippen LogP) is 9.28. The van der Waals surface area contributed by atoms with E-state index in [2.05, 4.69) is 31.3 Å². The van der Waals surface area contributed by atoms with E-state index in [-0.39, 0.29) is 18.9 Å². The maximum absolute atomic E-state index is 13.4. The van der Waals surface area contributed by atoms with Gasteiger partial charge in [-0.3, -0.25) is 4.79 Å². The Morgan fingerprint density at radius 3 is 1.11 bits per heavy atom. The summed E-state index contributed by atoms with van der Waals surface area (Å²) in [4.78, 5) is 13.4. The van der Waals surface area contributed by atoms with Gasteiger partial charge in [-0.15, -0.1) is 0 Å². The Hall–Kier alpha value is -1.47. The zero-order valence-electron chi connectivity index (χ0n) is 54.3. The summed E-state index contributed by atoms with van der Waals surface area (Å²) in [7, 11) is 0. The van der Waals surface area contributed by atoms with E-state index < -0.39 is 124 Å². The lowest BCUT2D eigenvalue weighted by molar-refractivity contribution is -0.379. The van der Waals surface area contributed by atoms with Gasteiger partial charge in [0.15, 0.2) is 18.9 Å². The largest absolute Gasteiger partial charge is 0.394 e. The van der Waals surface area contributed by atoms with Crippen molar-refractivity contribution in [1.82, 2.24) is 5.32 Å². The highest BCUT2D eigenvalue weighted by Crippen LogP contribution is 2.33.